The van der Waals surface area contributed by atoms with Gasteiger partial charge in [-0.1, -0.05) is 12.5 Å². The Hall–Kier alpha value is -3.63. The average Bonchev–Trinajstić information content (AvgIpc) is 3.35. The number of rotatable bonds is 5. The van der Waals surface area contributed by atoms with Crippen LogP contribution in [0.15, 0.2) is 47.4 Å². The van der Waals surface area contributed by atoms with Crippen LogP contribution in [0, 0.1) is 11.2 Å². The van der Waals surface area contributed by atoms with Gasteiger partial charge < -0.3 is 14.4 Å². The van der Waals surface area contributed by atoms with Crippen molar-refractivity contribution in [3.8, 4) is 17.4 Å². The number of pyridine rings is 1. The van der Waals surface area contributed by atoms with Crippen LogP contribution in [-0.4, -0.2) is 27.1 Å². The van der Waals surface area contributed by atoms with Crippen molar-refractivity contribution >= 4 is 5.82 Å². The molecule has 1 aromatic carbocycles. The van der Waals surface area contributed by atoms with Gasteiger partial charge in [0, 0.05) is 37.5 Å². The molecule has 2 fully saturated rings. The molecule has 1 atom stereocenters. The van der Waals surface area contributed by atoms with Crippen molar-refractivity contribution in [2.75, 3.05) is 11.4 Å². The SMILES string of the molecule is O=c1nc(OCc2ccc(Oc3ccnc(C(F)(F)F)c3)c(F)c2)cc2n1CC1CC3(CCC3)CN21. The standard InChI is InChI=1S/C25H22F4N4O3/c26-18-8-15(2-3-19(18)36-17-4-7-30-20(9-17)25(27,28)29)13-35-21-10-22-32(23(34)31-21)12-16-11-24(5-1-6-24)14-33(16)22/h2-4,7-10,16H,1,5-6,11-14H2. The number of ether oxygens (including phenoxy) is 2. The van der Waals surface area contributed by atoms with Gasteiger partial charge in [0.15, 0.2) is 11.6 Å². The fraction of sp³-hybridized carbons (Fsp3) is 0.400. The molecule has 1 spiro atoms. The van der Waals surface area contributed by atoms with E-state index < -0.39 is 17.7 Å². The second-order valence-electron chi connectivity index (χ2n) is 9.72. The first-order valence-electron chi connectivity index (χ1n) is 11.7. The Morgan fingerprint density at radius 2 is 1.97 bits per heavy atom. The molecule has 4 heterocycles. The van der Waals surface area contributed by atoms with Crippen molar-refractivity contribution in [3.05, 3.63) is 70.2 Å². The fourth-order valence-corrected chi connectivity index (χ4v) is 5.43. The van der Waals surface area contributed by atoms with Crippen LogP contribution in [0.3, 0.4) is 0 Å². The van der Waals surface area contributed by atoms with E-state index in [0.29, 0.717) is 29.6 Å². The third kappa shape index (κ3) is 4.06. The predicted octanol–water partition coefficient (Wildman–Crippen LogP) is 4.93. The lowest BCUT2D eigenvalue weighted by Crippen LogP contribution is -2.34. The molecule has 2 aromatic heterocycles. The van der Waals surface area contributed by atoms with E-state index in [4.69, 9.17) is 9.47 Å². The van der Waals surface area contributed by atoms with E-state index in [-0.39, 0.29) is 29.7 Å². The summed E-state index contributed by atoms with van der Waals surface area (Å²) >= 11 is 0. The minimum atomic E-state index is -4.64. The molecule has 3 aliphatic rings. The maximum atomic E-state index is 14.6. The van der Waals surface area contributed by atoms with Crippen molar-refractivity contribution < 1.29 is 27.0 Å². The molecule has 0 N–H and O–H groups in total. The number of hydrogen-bond acceptors (Lipinski definition) is 6. The van der Waals surface area contributed by atoms with Crippen LogP contribution in [0.2, 0.25) is 0 Å². The van der Waals surface area contributed by atoms with Gasteiger partial charge in [0.2, 0.25) is 5.88 Å². The summed E-state index contributed by atoms with van der Waals surface area (Å²) in [4.78, 5) is 22.1. The summed E-state index contributed by atoms with van der Waals surface area (Å²) in [5.74, 6) is -0.221. The van der Waals surface area contributed by atoms with E-state index in [2.05, 4.69) is 14.9 Å². The van der Waals surface area contributed by atoms with Crippen molar-refractivity contribution in [2.24, 2.45) is 5.41 Å². The van der Waals surface area contributed by atoms with Crippen LogP contribution < -0.4 is 20.1 Å². The smallest absolute Gasteiger partial charge is 0.433 e. The molecule has 11 heteroatoms. The van der Waals surface area contributed by atoms with E-state index in [9.17, 15) is 22.4 Å². The molecule has 0 amide bonds. The quantitative estimate of drug-likeness (QED) is 0.461. The lowest BCUT2D eigenvalue weighted by molar-refractivity contribution is -0.141. The number of hydrogen-bond donors (Lipinski definition) is 0. The Bertz CT molecular complexity index is 1390. The molecule has 0 bridgehead atoms. The second-order valence-corrected chi connectivity index (χ2v) is 9.72. The van der Waals surface area contributed by atoms with E-state index in [0.717, 1.165) is 31.0 Å². The normalized spacial score (nSPS) is 19.7. The predicted molar refractivity (Wildman–Crippen MR) is 121 cm³/mol. The van der Waals surface area contributed by atoms with Gasteiger partial charge in [-0.05, 0) is 48.4 Å². The van der Waals surface area contributed by atoms with Crippen LogP contribution in [0.5, 0.6) is 17.4 Å². The summed E-state index contributed by atoms with van der Waals surface area (Å²) in [6, 6.07) is 7.98. The number of aromatic nitrogens is 3. The van der Waals surface area contributed by atoms with Crippen molar-refractivity contribution in [1.82, 2.24) is 14.5 Å². The van der Waals surface area contributed by atoms with Crippen LogP contribution >= 0.6 is 0 Å². The van der Waals surface area contributed by atoms with Crippen LogP contribution in [-0.2, 0) is 19.3 Å². The van der Waals surface area contributed by atoms with Gasteiger partial charge in [-0.25, -0.2) is 9.18 Å². The number of nitrogens with zero attached hydrogens (tertiary/aromatic N) is 4. The van der Waals surface area contributed by atoms with Gasteiger partial charge in [-0.2, -0.15) is 18.2 Å². The summed E-state index contributed by atoms with van der Waals surface area (Å²) in [6.45, 7) is 1.53. The highest BCUT2D eigenvalue weighted by molar-refractivity contribution is 5.49. The Morgan fingerprint density at radius 3 is 2.69 bits per heavy atom. The molecule has 7 nitrogen and oxygen atoms in total. The minimum absolute atomic E-state index is 0.0477. The largest absolute Gasteiger partial charge is 0.473 e. The lowest BCUT2D eigenvalue weighted by atomic mass is 9.67. The highest BCUT2D eigenvalue weighted by Crippen LogP contribution is 2.53. The van der Waals surface area contributed by atoms with Gasteiger partial charge >= 0.3 is 11.9 Å². The monoisotopic (exact) mass is 502 g/mol. The Morgan fingerprint density at radius 1 is 1.14 bits per heavy atom. The van der Waals surface area contributed by atoms with Gasteiger partial charge in [0.05, 0.1) is 0 Å². The lowest BCUT2D eigenvalue weighted by Gasteiger charge is -2.38. The Kier molecular flexibility index (Phi) is 5.20. The molecular formula is C25H22F4N4O3. The average molecular weight is 502 g/mol. The third-order valence-electron chi connectivity index (χ3n) is 7.32. The third-order valence-corrected chi connectivity index (χ3v) is 7.32. The molecule has 188 valence electrons. The number of halogens is 4. The first kappa shape index (κ1) is 22.8. The van der Waals surface area contributed by atoms with Gasteiger partial charge in [-0.15, -0.1) is 0 Å². The highest BCUT2D eigenvalue weighted by Gasteiger charge is 2.50. The van der Waals surface area contributed by atoms with Crippen LogP contribution in [0.25, 0.3) is 0 Å². The minimum Gasteiger partial charge on any atom is -0.473 e. The summed E-state index contributed by atoms with van der Waals surface area (Å²) in [7, 11) is 0. The number of benzene rings is 1. The zero-order valence-electron chi connectivity index (χ0n) is 19.1. The molecule has 6 rings (SSSR count). The number of alkyl halides is 3. The van der Waals surface area contributed by atoms with E-state index in [1.54, 1.807) is 10.6 Å². The highest BCUT2D eigenvalue weighted by atomic mass is 19.4. The van der Waals surface area contributed by atoms with Crippen molar-refractivity contribution in [3.63, 3.8) is 0 Å². The maximum Gasteiger partial charge on any atom is 0.433 e. The van der Waals surface area contributed by atoms with Crippen molar-refractivity contribution in [1.29, 1.82) is 0 Å². The molecule has 3 aromatic rings. The Balaban J connectivity index is 1.14. The summed E-state index contributed by atoms with van der Waals surface area (Å²) in [5.41, 5.74) is -0.681. The van der Waals surface area contributed by atoms with E-state index in [1.165, 1.54) is 37.5 Å². The molecular weight excluding hydrogens is 480 g/mol. The molecule has 1 saturated carbocycles. The van der Waals surface area contributed by atoms with Crippen LogP contribution in [0.1, 0.15) is 36.9 Å². The molecule has 0 radical (unpaired) electrons. The zero-order valence-corrected chi connectivity index (χ0v) is 19.1. The van der Waals surface area contributed by atoms with E-state index >= 15 is 0 Å². The number of fused-ring (bicyclic) bond motifs is 3. The molecule has 2 aliphatic heterocycles. The zero-order chi connectivity index (χ0) is 25.1. The van der Waals surface area contributed by atoms with Gasteiger partial charge in [-0.3, -0.25) is 9.55 Å². The summed E-state index contributed by atoms with van der Waals surface area (Å²) < 4.78 is 65.8. The second kappa shape index (κ2) is 8.21. The van der Waals surface area contributed by atoms with Crippen molar-refractivity contribution in [2.45, 2.75) is 51.1 Å². The molecule has 36 heavy (non-hydrogen) atoms. The molecule has 1 saturated heterocycles. The number of anilines is 1. The summed E-state index contributed by atoms with van der Waals surface area (Å²) in [5, 5.41) is 0. The first-order chi connectivity index (χ1) is 17.2. The fourth-order valence-electron chi connectivity index (χ4n) is 5.43. The first-order valence-corrected chi connectivity index (χ1v) is 11.7. The summed E-state index contributed by atoms with van der Waals surface area (Å²) in [6.07, 6.45) is 1.12. The van der Waals surface area contributed by atoms with Gasteiger partial charge in [0.25, 0.3) is 0 Å². The van der Waals surface area contributed by atoms with E-state index in [1.807, 2.05) is 0 Å². The molecule has 1 aliphatic carbocycles. The molecule has 1 unspecified atom stereocenters. The van der Waals surface area contributed by atoms with Gasteiger partial charge in [0.1, 0.15) is 23.9 Å². The van der Waals surface area contributed by atoms with Crippen LogP contribution in [0.4, 0.5) is 23.4 Å². The Labute approximate surface area is 203 Å². The topological polar surface area (TPSA) is 69.5 Å². The maximum absolute atomic E-state index is 14.6.